The van der Waals surface area contributed by atoms with Gasteiger partial charge in [-0.15, -0.1) is 0 Å². The third-order valence-electron chi connectivity index (χ3n) is 4.12. The van der Waals surface area contributed by atoms with Crippen molar-refractivity contribution in [1.82, 2.24) is 5.32 Å². The Labute approximate surface area is 151 Å². The molecule has 0 bridgehead atoms. The van der Waals surface area contributed by atoms with Crippen molar-refractivity contribution < 1.29 is 22.4 Å². The standard InChI is InChI=1S/C19H19NO5S/c1-13-16-5-3-4-6-17(16)25-18(13)19(21)20-11-12-26(22,23)15-9-7-14(24-2)8-10-15/h3-10H,11-12H2,1-2H3,(H,20,21). The van der Waals surface area contributed by atoms with Crippen LogP contribution >= 0.6 is 0 Å². The molecule has 1 N–H and O–H groups in total. The number of carbonyl (C=O) groups excluding carboxylic acids is 1. The van der Waals surface area contributed by atoms with Crippen molar-refractivity contribution >= 4 is 26.7 Å². The van der Waals surface area contributed by atoms with Gasteiger partial charge in [0.05, 0.1) is 17.8 Å². The highest BCUT2D eigenvalue weighted by Gasteiger charge is 2.19. The van der Waals surface area contributed by atoms with Crippen LogP contribution in [0.2, 0.25) is 0 Å². The van der Waals surface area contributed by atoms with Gasteiger partial charge < -0.3 is 14.5 Å². The molecule has 0 atom stereocenters. The number of rotatable bonds is 6. The minimum Gasteiger partial charge on any atom is -0.497 e. The number of fused-ring (bicyclic) bond motifs is 1. The fourth-order valence-electron chi connectivity index (χ4n) is 2.67. The van der Waals surface area contributed by atoms with Crippen LogP contribution in [0.1, 0.15) is 16.1 Å². The Morgan fingerprint density at radius 2 is 1.81 bits per heavy atom. The van der Waals surface area contributed by atoms with E-state index in [0.29, 0.717) is 11.3 Å². The summed E-state index contributed by atoms with van der Waals surface area (Å²) in [5.41, 5.74) is 1.36. The van der Waals surface area contributed by atoms with E-state index in [1.165, 1.54) is 19.2 Å². The molecule has 0 unspecified atom stereocenters. The van der Waals surface area contributed by atoms with E-state index < -0.39 is 15.7 Å². The molecule has 136 valence electrons. The number of hydrogen-bond acceptors (Lipinski definition) is 5. The van der Waals surface area contributed by atoms with Gasteiger partial charge in [-0.05, 0) is 37.3 Å². The van der Waals surface area contributed by atoms with Gasteiger partial charge in [0, 0.05) is 17.5 Å². The topological polar surface area (TPSA) is 85.6 Å². The van der Waals surface area contributed by atoms with Crippen LogP contribution in [-0.2, 0) is 9.84 Å². The molecule has 0 aliphatic carbocycles. The van der Waals surface area contributed by atoms with Crippen LogP contribution in [0.15, 0.2) is 57.8 Å². The summed E-state index contributed by atoms with van der Waals surface area (Å²) in [5, 5.41) is 3.48. The van der Waals surface area contributed by atoms with Crippen LogP contribution in [0.5, 0.6) is 5.75 Å². The van der Waals surface area contributed by atoms with Gasteiger partial charge in [-0.2, -0.15) is 0 Å². The van der Waals surface area contributed by atoms with E-state index in [9.17, 15) is 13.2 Å². The van der Waals surface area contributed by atoms with E-state index in [1.54, 1.807) is 25.1 Å². The highest BCUT2D eigenvalue weighted by atomic mass is 32.2. The molecule has 0 aliphatic heterocycles. The maximum Gasteiger partial charge on any atom is 0.287 e. The summed E-state index contributed by atoms with van der Waals surface area (Å²) in [5.74, 6) is 0.152. The molecule has 0 saturated carbocycles. The average Bonchev–Trinajstić information content (AvgIpc) is 2.99. The maximum absolute atomic E-state index is 12.3. The molecule has 0 radical (unpaired) electrons. The van der Waals surface area contributed by atoms with Gasteiger partial charge in [0.15, 0.2) is 15.6 Å². The minimum absolute atomic E-state index is 0.0102. The SMILES string of the molecule is COc1ccc(S(=O)(=O)CCNC(=O)c2oc3ccccc3c2C)cc1. The second-order valence-corrected chi connectivity index (χ2v) is 7.91. The summed E-state index contributed by atoms with van der Waals surface area (Å²) in [6.07, 6.45) is 0. The number of benzene rings is 2. The van der Waals surface area contributed by atoms with Crippen molar-refractivity contribution in [2.75, 3.05) is 19.4 Å². The molecule has 1 amide bonds. The number of nitrogens with one attached hydrogen (secondary N) is 1. The van der Waals surface area contributed by atoms with E-state index in [1.807, 2.05) is 18.2 Å². The van der Waals surface area contributed by atoms with E-state index in [-0.39, 0.29) is 23.0 Å². The molecule has 7 heteroatoms. The molecule has 1 aromatic heterocycles. The number of amides is 1. The molecule has 0 aliphatic rings. The molecular formula is C19H19NO5S. The Hall–Kier alpha value is -2.80. The van der Waals surface area contributed by atoms with Crippen LogP contribution in [0.3, 0.4) is 0 Å². The molecule has 1 heterocycles. The number of hydrogen-bond donors (Lipinski definition) is 1. The number of methoxy groups -OCH3 is 1. The summed E-state index contributed by atoms with van der Waals surface area (Å²) >= 11 is 0. The Bertz CT molecular complexity index is 1040. The average molecular weight is 373 g/mol. The van der Waals surface area contributed by atoms with Crippen molar-refractivity contribution in [3.05, 3.63) is 59.9 Å². The number of furan rings is 1. The lowest BCUT2D eigenvalue weighted by molar-refractivity contribution is 0.0930. The van der Waals surface area contributed by atoms with E-state index >= 15 is 0 Å². The van der Waals surface area contributed by atoms with E-state index in [4.69, 9.17) is 9.15 Å². The predicted octanol–water partition coefficient (Wildman–Crippen LogP) is 2.95. The number of ether oxygens (including phenoxy) is 1. The summed E-state index contributed by atoms with van der Waals surface area (Å²) in [6, 6.07) is 13.5. The Morgan fingerprint density at radius 1 is 1.12 bits per heavy atom. The van der Waals surface area contributed by atoms with Gasteiger partial charge >= 0.3 is 0 Å². The number of carbonyl (C=O) groups is 1. The Balaban J connectivity index is 1.66. The maximum atomic E-state index is 12.3. The van der Waals surface area contributed by atoms with E-state index in [2.05, 4.69) is 5.32 Å². The monoisotopic (exact) mass is 373 g/mol. The van der Waals surface area contributed by atoms with Crippen LogP contribution in [0.4, 0.5) is 0 Å². The zero-order chi connectivity index (χ0) is 18.7. The first kappa shape index (κ1) is 18.0. The summed E-state index contributed by atoms with van der Waals surface area (Å²) in [6.45, 7) is 1.79. The number of sulfone groups is 1. The van der Waals surface area contributed by atoms with Crippen LogP contribution in [0, 0.1) is 6.92 Å². The molecule has 0 saturated heterocycles. The minimum atomic E-state index is -3.50. The van der Waals surface area contributed by atoms with Gasteiger partial charge in [-0.25, -0.2) is 8.42 Å². The molecule has 26 heavy (non-hydrogen) atoms. The number of para-hydroxylation sites is 1. The summed E-state index contributed by atoms with van der Waals surface area (Å²) in [7, 11) is -1.99. The van der Waals surface area contributed by atoms with Gasteiger partial charge in [0.2, 0.25) is 0 Å². The van der Waals surface area contributed by atoms with Crippen molar-refractivity contribution in [3.8, 4) is 5.75 Å². The van der Waals surface area contributed by atoms with Crippen molar-refractivity contribution in [3.63, 3.8) is 0 Å². The van der Waals surface area contributed by atoms with Gasteiger partial charge in [-0.3, -0.25) is 4.79 Å². The fourth-order valence-corrected chi connectivity index (χ4v) is 3.83. The van der Waals surface area contributed by atoms with Crippen LogP contribution in [-0.4, -0.2) is 33.7 Å². The zero-order valence-electron chi connectivity index (χ0n) is 14.5. The Kier molecular flexibility index (Phi) is 4.99. The smallest absolute Gasteiger partial charge is 0.287 e. The fraction of sp³-hybridized carbons (Fsp3) is 0.211. The quantitative estimate of drug-likeness (QED) is 0.718. The molecule has 6 nitrogen and oxygen atoms in total. The molecule has 3 rings (SSSR count). The van der Waals surface area contributed by atoms with Crippen molar-refractivity contribution in [2.24, 2.45) is 0 Å². The van der Waals surface area contributed by atoms with Crippen molar-refractivity contribution in [1.29, 1.82) is 0 Å². The Morgan fingerprint density at radius 3 is 2.46 bits per heavy atom. The van der Waals surface area contributed by atoms with Gasteiger partial charge in [-0.1, -0.05) is 18.2 Å². The third kappa shape index (κ3) is 3.57. The molecule has 0 spiro atoms. The van der Waals surface area contributed by atoms with Crippen LogP contribution in [0.25, 0.3) is 11.0 Å². The number of aryl methyl sites for hydroxylation is 1. The lowest BCUT2D eigenvalue weighted by atomic mass is 10.1. The normalized spacial score (nSPS) is 11.5. The lowest BCUT2D eigenvalue weighted by Crippen LogP contribution is -2.29. The van der Waals surface area contributed by atoms with Crippen molar-refractivity contribution in [2.45, 2.75) is 11.8 Å². The highest BCUT2D eigenvalue weighted by Crippen LogP contribution is 2.24. The largest absolute Gasteiger partial charge is 0.497 e. The highest BCUT2D eigenvalue weighted by molar-refractivity contribution is 7.91. The second-order valence-electron chi connectivity index (χ2n) is 5.80. The molecule has 3 aromatic rings. The zero-order valence-corrected chi connectivity index (χ0v) is 15.3. The van der Waals surface area contributed by atoms with Gasteiger partial charge in [0.25, 0.3) is 5.91 Å². The first-order valence-electron chi connectivity index (χ1n) is 8.05. The first-order chi connectivity index (χ1) is 12.4. The van der Waals surface area contributed by atoms with E-state index in [0.717, 1.165) is 10.9 Å². The molecule has 2 aromatic carbocycles. The molecular weight excluding hydrogens is 354 g/mol. The second kappa shape index (κ2) is 7.21. The molecule has 0 fully saturated rings. The predicted molar refractivity (Wildman–Crippen MR) is 98.3 cm³/mol. The van der Waals surface area contributed by atoms with Gasteiger partial charge in [0.1, 0.15) is 11.3 Å². The van der Waals surface area contributed by atoms with Crippen LogP contribution < -0.4 is 10.1 Å². The summed E-state index contributed by atoms with van der Waals surface area (Å²) in [4.78, 5) is 12.5. The lowest BCUT2D eigenvalue weighted by Gasteiger charge is -2.07. The third-order valence-corrected chi connectivity index (χ3v) is 5.86. The first-order valence-corrected chi connectivity index (χ1v) is 9.71. The summed E-state index contributed by atoms with van der Waals surface area (Å²) < 4.78 is 35.3.